The van der Waals surface area contributed by atoms with Crippen molar-refractivity contribution in [1.82, 2.24) is 9.55 Å². The molecule has 0 fully saturated rings. The number of rotatable bonds is 7. The van der Waals surface area contributed by atoms with E-state index in [1.165, 1.54) is 6.20 Å². The lowest BCUT2D eigenvalue weighted by atomic mass is 9.90. The molecular weight excluding hydrogens is 326 g/mol. The predicted molar refractivity (Wildman–Crippen MR) is 90.8 cm³/mol. The Kier molecular flexibility index (Phi) is 5.30. The fourth-order valence-electron chi connectivity index (χ4n) is 2.31. The van der Waals surface area contributed by atoms with Gasteiger partial charge in [-0.1, -0.05) is 0 Å². The molecule has 0 bridgehead atoms. The SMILES string of the molecule is COc1ccc(-n2ccnc2S(=O)(=O)CCCC(C)(C)C#N)cc1. The zero-order valence-corrected chi connectivity index (χ0v) is 14.9. The largest absolute Gasteiger partial charge is 0.497 e. The van der Waals surface area contributed by atoms with E-state index in [9.17, 15) is 8.42 Å². The van der Waals surface area contributed by atoms with Crippen molar-refractivity contribution in [1.29, 1.82) is 5.26 Å². The average Bonchev–Trinajstić information content (AvgIpc) is 3.05. The van der Waals surface area contributed by atoms with Crippen LogP contribution in [0.5, 0.6) is 5.75 Å². The summed E-state index contributed by atoms with van der Waals surface area (Å²) in [4.78, 5) is 4.02. The van der Waals surface area contributed by atoms with Gasteiger partial charge in [0.1, 0.15) is 5.75 Å². The molecule has 24 heavy (non-hydrogen) atoms. The number of hydrogen-bond acceptors (Lipinski definition) is 5. The van der Waals surface area contributed by atoms with Crippen LogP contribution in [0.3, 0.4) is 0 Å². The van der Waals surface area contributed by atoms with Crippen molar-refractivity contribution in [3.05, 3.63) is 36.7 Å². The fourth-order valence-corrected chi connectivity index (χ4v) is 3.70. The molecule has 0 spiro atoms. The molecule has 1 aromatic heterocycles. The van der Waals surface area contributed by atoms with E-state index in [1.54, 1.807) is 56.0 Å². The number of aromatic nitrogens is 2. The Morgan fingerprint density at radius 3 is 2.54 bits per heavy atom. The minimum Gasteiger partial charge on any atom is -0.497 e. The molecule has 2 rings (SSSR count). The lowest BCUT2D eigenvalue weighted by Crippen LogP contribution is -2.16. The number of sulfone groups is 1. The van der Waals surface area contributed by atoms with Crippen LogP contribution < -0.4 is 4.74 Å². The van der Waals surface area contributed by atoms with Gasteiger partial charge in [-0.2, -0.15) is 5.26 Å². The minimum atomic E-state index is -3.53. The maximum atomic E-state index is 12.6. The third-order valence-electron chi connectivity index (χ3n) is 3.75. The van der Waals surface area contributed by atoms with Crippen molar-refractivity contribution >= 4 is 9.84 Å². The number of benzene rings is 1. The summed E-state index contributed by atoms with van der Waals surface area (Å²) in [6.45, 7) is 3.61. The van der Waals surface area contributed by atoms with Crippen molar-refractivity contribution in [3.63, 3.8) is 0 Å². The summed E-state index contributed by atoms with van der Waals surface area (Å²) in [5.41, 5.74) is 0.172. The molecule has 6 nitrogen and oxygen atoms in total. The van der Waals surface area contributed by atoms with Crippen LogP contribution in [0.1, 0.15) is 26.7 Å². The van der Waals surface area contributed by atoms with Gasteiger partial charge in [0.05, 0.1) is 24.3 Å². The Bertz CT molecular complexity index is 831. The first-order valence-electron chi connectivity index (χ1n) is 7.61. The molecule has 1 heterocycles. The van der Waals surface area contributed by atoms with Crippen LogP contribution in [0.2, 0.25) is 0 Å². The lowest BCUT2D eigenvalue weighted by molar-refractivity contribution is 0.414. The van der Waals surface area contributed by atoms with Gasteiger partial charge in [0.2, 0.25) is 15.0 Å². The predicted octanol–water partition coefficient (Wildman–Crippen LogP) is 2.98. The van der Waals surface area contributed by atoms with E-state index in [2.05, 4.69) is 11.1 Å². The zero-order chi connectivity index (χ0) is 17.8. The average molecular weight is 347 g/mol. The van der Waals surface area contributed by atoms with Gasteiger partial charge in [0.15, 0.2) is 0 Å². The summed E-state index contributed by atoms with van der Waals surface area (Å²) in [5.74, 6) is 0.660. The summed E-state index contributed by atoms with van der Waals surface area (Å²) in [5, 5.41) is 9.03. The Balaban J connectivity index is 2.20. The summed E-state index contributed by atoms with van der Waals surface area (Å²) < 4.78 is 31.8. The molecule has 0 amide bonds. The monoisotopic (exact) mass is 347 g/mol. The number of nitriles is 1. The van der Waals surface area contributed by atoms with E-state index in [4.69, 9.17) is 10.00 Å². The molecule has 0 aliphatic heterocycles. The van der Waals surface area contributed by atoms with Crippen molar-refractivity contribution in [2.75, 3.05) is 12.9 Å². The number of hydrogen-bond donors (Lipinski definition) is 0. The van der Waals surface area contributed by atoms with Crippen LogP contribution in [0.15, 0.2) is 41.8 Å². The van der Waals surface area contributed by atoms with Crippen molar-refractivity contribution < 1.29 is 13.2 Å². The summed E-state index contributed by atoms with van der Waals surface area (Å²) in [7, 11) is -1.96. The summed E-state index contributed by atoms with van der Waals surface area (Å²) in [6, 6.07) is 9.27. The van der Waals surface area contributed by atoms with Gasteiger partial charge in [-0.3, -0.25) is 4.57 Å². The topological polar surface area (TPSA) is 85.0 Å². The highest BCUT2D eigenvalue weighted by molar-refractivity contribution is 7.91. The van der Waals surface area contributed by atoms with Gasteiger partial charge in [0.25, 0.3) is 0 Å². The highest BCUT2D eigenvalue weighted by atomic mass is 32.2. The van der Waals surface area contributed by atoms with Crippen LogP contribution >= 0.6 is 0 Å². The highest BCUT2D eigenvalue weighted by Gasteiger charge is 2.23. The molecular formula is C17H21N3O3S. The molecule has 0 atom stereocenters. The van der Waals surface area contributed by atoms with Crippen LogP contribution in [0.4, 0.5) is 0 Å². The van der Waals surface area contributed by atoms with Crippen molar-refractivity contribution in [2.45, 2.75) is 31.8 Å². The molecule has 0 N–H and O–H groups in total. The van der Waals surface area contributed by atoms with Crippen LogP contribution in [-0.4, -0.2) is 30.8 Å². The first-order valence-corrected chi connectivity index (χ1v) is 9.26. The maximum absolute atomic E-state index is 12.6. The van der Waals surface area contributed by atoms with Crippen LogP contribution in [0, 0.1) is 16.7 Å². The first kappa shape index (κ1) is 18.0. The molecule has 0 aliphatic carbocycles. The third kappa shape index (κ3) is 4.15. The molecule has 0 aliphatic rings. The van der Waals surface area contributed by atoms with Crippen molar-refractivity contribution in [3.8, 4) is 17.5 Å². The fraction of sp³-hybridized carbons (Fsp3) is 0.412. The molecule has 0 radical (unpaired) electrons. The molecule has 0 saturated carbocycles. The first-order chi connectivity index (χ1) is 11.3. The van der Waals surface area contributed by atoms with E-state index >= 15 is 0 Å². The number of imidazole rings is 1. The second-order valence-electron chi connectivity index (χ2n) is 6.20. The second kappa shape index (κ2) is 7.05. The number of methoxy groups -OCH3 is 1. The van der Waals surface area contributed by atoms with Gasteiger partial charge in [0, 0.05) is 18.1 Å². The summed E-state index contributed by atoms with van der Waals surface area (Å²) in [6.07, 6.45) is 4.02. The third-order valence-corrected chi connectivity index (χ3v) is 5.44. The van der Waals surface area contributed by atoms with E-state index in [1.807, 2.05) is 0 Å². The molecule has 2 aromatic rings. The standard InChI is InChI=1S/C17H21N3O3S/c1-17(2,13-18)9-4-12-24(21,22)16-19-10-11-20(16)14-5-7-15(23-3)8-6-14/h5-8,10-11H,4,9,12H2,1-3H3. The van der Waals surface area contributed by atoms with Gasteiger partial charge in [-0.05, 0) is 51.0 Å². The molecule has 0 saturated heterocycles. The van der Waals surface area contributed by atoms with Crippen LogP contribution in [-0.2, 0) is 9.84 Å². The van der Waals surface area contributed by atoms with E-state index in [0.717, 1.165) is 0 Å². The highest BCUT2D eigenvalue weighted by Crippen LogP contribution is 2.23. The molecule has 0 unspecified atom stereocenters. The Labute approximate surface area is 142 Å². The smallest absolute Gasteiger partial charge is 0.232 e. The number of ether oxygens (including phenoxy) is 1. The van der Waals surface area contributed by atoms with Gasteiger partial charge in [-0.25, -0.2) is 13.4 Å². The number of nitrogens with zero attached hydrogens (tertiary/aromatic N) is 3. The van der Waals surface area contributed by atoms with Crippen LogP contribution in [0.25, 0.3) is 5.69 Å². The maximum Gasteiger partial charge on any atom is 0.232 e. The molecule has 1 aromatic carbocycles. The zero-order valence-electron chi connectivity index (χ0n) is 14.1. The Morgan fingerprint density at radius 1 is 1.29 bits per heavy atom. The normalized spacial score (nSPS) is 11.9. The van der Waals surface area contributed by atoms with E-state index < -0.39 is 15.3 Å². The minimum absolute atomic E-state index is 0.0161. The van der Waals surface area contributed by atoms with E-state index in [-0.39, 0.29) is 10.9 Å². The summed E-state index contributed by atoms with van der Waals surface area (Å²) >= 11 is 0. The van der Waals surface area contributed by atoms with E-state index in [0.29, 0.717) is 24.3 Å². The Morgan fingerprint density at radius 2 is 1.96 bits per heavy atom. The molecule has 7 heteroatoms. The second-order valence-corrected chi connectivity index (χ2v) is 8.20. The Hall–Kier alpha value is -2.33. The van der Waals surface area contributed by atoms with Gasteiger partial charge >= 0.3 is 0 Å². The quantitative estimate of drug-likeness (QED) is 0.768. The van der Waals surface area contributed by atoms with Gasteiger partial charge in [-0.15, -0.1) is 0 Å². The molecule has 128 valence electrons. The van der Waals surface area contributed by atoms with Gasteiger partial charge < -0.3 is 4.74 Å². The van der Waals surface area contributed by atoms with Crippen molar-refractivity contribution in [2.24, 2.45) is 5.41 Å². The lowest BCUT2D eigenvalue weighted by Gasteiger charge is -2.14.